The Kier molecular flexibility index (Phi) is 5.03. The van der Waals surface area contributed by atoms with Gasteiger partial charge in [-0.1, -0.05) is 38.1 Å². The molecule has 0 saturated carbocycles. The van der Waals surface area contributed by atoms with Gasteiger partial charge in [-0.25, -0.2) is 0 Å². The van der Waals surface area contributed by atoms with Gasteiger partial charge in [0.15, 0.2) is 0 Å². The van der Waals surface area contributed by atoms with Gasteiger partial charge in [0.25, 0.3) is 5.91 Å². The molecule has 1 fully saturated rings. The van der Waals surface area contributed by atoms with Crippen LogP contribution in [0.15, 0.2) is 36.7 Å². The molecular formula is C20H27N3O. The highest BCUT2D eigenvalue weighted by molar-refractivity contribution is 5.94. The lowest BCUT2D eigenvalue weighted by molar-refractivity contribution is 0.0611. The first kappa shape index (κ1) is 16.7. The van der Waals surface area contributed by atoms with Crippen molar-refractivity contribution >= 4 is 5.91 Å². The zero-order valence-corrected chi connectivity index (χ0v) is 14.9. The third-order valence-corrected chi connectivity index (χ3v) is 4.96. The van der Waals surface area contributed by atoms with Crippen molar-refractivity contribution in [3.05, 3.63) is 53.3 Å². The van der Waals surface area contributed by atoms with Gasteiger partial charge < -0.3 is 4.90 Å². The van der Waals surface area contributed by atoms with Crippen LogP contribution in [0.3, 0.4) is 0 Å². The van der Waals surface area contributed by atoms with Crippen LogP contribution in [0, 0.1) is 0 Å². The normalized spacial score (nSPS) is 18.2. The fourth-order valence-electron chi connectivity index (χ4n) is 3.44. The van der Waals surface area contributed by atoms with E-state index in [1.165, 1.54) is 17.5 Å². The number of carbonyl (C=O) groups excluding carboxylic acids is 1. The molecule has 0 bridgehead atoms. The Labute approximate surface area is 144 Å². The summed E-state index contributed by atoms with van der Waals surface area (Å²) < 4.78 is 1.81. The summed E-state index contributed by atoms with van der Waals surface area (Å²) in [6.45, 7) is 8.05. The largest absolute Gasteiger partial charge is 0.332 e. The molecule has 4 nitrogen and oxygen atoms in total. The predicted molar refractivity (Wildman–Crippen MR) is 96.1 cm³/mol. The van der Waals surface area contributed by atoms with Crippen molar-refractivity contribution in [1.29, 1.82) is 0 Å². The summed E-state index contributed by atoms with van der Waals surface area (Å²) in [5, 5.41) is 4.25. The molecule has 1 aromatic carbocycles. The molecule has 2 heterocycles. The van der Waals surface area contributed by atoms with E-state index in [0.717, 1.165) is 25.9 Å². The lowest BCUT2D eigenvalue weighted by Gasteiger charge is -2.36. The molecule has 1 aliphatic heterocycles. The molecule has 0 spiro atoms. The van der Waals surface area contributed by atoms with Gasteiger partial charge in [0.2, 0.25) is 0 Å². The third-order valence-electron chi connectivity index (χ3n) is 4.96. The molecule has 1 aromatic heterocycles. The molecule has 128 valence electrons. The first-order valence-corrected chi connectivity index (χ1v) is 9.03. The average Bonchev–Trinajstić information content (AvgIpc) is 3.10. The maximum absolute atomic E-state index is 13.0. The molecule has 0 radical (unpaired) electrons. The van der Waals surface area contributed by atoms with Crippen LogP contribution in [0.2, 0.25) is 0 Å². The topological polar surface area (TPSA) is 38.1 Å². The SMILES string of the molecule is CCn1cc(C(=O)N2CCCCC2c2ccc(C(C)C)cc2)cn1. The summed E-state index contributed by atoms with van der Waals surface area (Å²) in [6.07, 6.45) is 6.84. The van der Waals surface area contributed by atoms with E-state index >= 15 is 0 Å². The Morgan fingerprint density at radius 2 is 2.00 bits per heavy atom. The molecule has 1 amide bonds. The van der Waals surface area contributed by atoms with Crippen LogP contribution in [-0.4, -0.2) is 27.1 Å². The van der Waals surface area contributed by atoms with Gasteiger partial charge in [0, 0.05) is 19.3 Å². The first-order valence-electron chi connectivity index (χ1n) is 9.03. The second-order valence-electron chi connectivity index (χ2n) is 6.92. The second-order valence-corrected chi connectivity index (χ2v) is 6.92. The number of likely N-dealkylation sites (tertiary alicyclic amines) is 1. The summed E-state index contributed by atoms with van der Waals surface area (Å²) in [5.74, 6) is 0.635. The molecule has 0 aliphatic carbocycles. The van der Waals surface area contributed by atoms with Gasteiger partial charge in [-0.3, -0.25) is 9.48 Å². The molecule has 1 saturated heterocycles. The summed E-state index contributed by atoms with van der Waals surface area (Å²) in [4.78, 5) is 15.0. The minimum atomic E-state index is 0.104. The number of hydrogen-bond acceptors (Lipinski definition) is 2. The van der Waals surface area contributed by atoms with Crippen molar-refractivity contribution in [3.8, 4) is 0 Å². The predicted octanol–water partition coefficient (Wildman–Crippen LogP) is 4.39. The molecule has 1 aliphatic rings. The minimum Gasteiger partial charge on any atom is -0.332 e. The number of benzene rings is 1. The molecule has 2 aromatic rings. The number of piperidine rings is 1. The van der Waals surface area contributed by atoms with Gasteiger partial charge in [0.1, 0.15) is 0 Å². The van der Waals surface area contributed by atoms with E-state index in [0.29, 0.717) is 11.5 Å². The molecule has 24 heavy (non-hydrogen) atoms. The van der Waals surface area contributed by atoms with Gasteiger partial charge in [-0.2, -0.15) is 5.10 Å². The lowest BCUT2D eigenvalue weighted by atomic mass is 9.92. The summed E-state index contributed by atoms with van der Waals surface area (Å²) in [7, 11) is 0. The summed E-state index contributed by atoms with van der Waals surface area (Å²) >= 11 is 0. The Bertz CT molecular complexity index is 687. The number of carbonyl (C=O) groups is 1. The first-order chi connectivity index (χ1) is 11.6. The lowest BCUT2D eigenvalue weighted by Crippen LogP contribution is -2.38. The van der Waals surface area contributed by atoms with E-state index in [1.807, 2.05) is 22.7 Å². The molecule has 4 heteroatoms. The molecule has 1 atom stereocenters. The minimum absolute atomic E-state index is 0.104. The van der Waals surface area contributed by atoms with Crippen LogP contribution in [0.1, 0.15) is 73.5 Å². The van der Waals surface area contributed by atoms with E-state index in [1.54, 1.807) is 6.20 Å². The number of aromatic nitrogens is 2. The van der Waals surface area contributed by atoms with Crippen molar-refractivity contribution in [2.75, 3.05) is 6.54 Å². The quantitative estimate of drug-likeness (QED) is 0.836. The third kappa shape index (κ3) is 3.37. The van der Waals surface area contributed by atoms with Gasteiger partial charge >= 0.3 is 0 Å². The summed E-state index contributed by atoms with van der Waals surface area (Å²) in [5.41, 5.74) is 3.29. The molecule has 1 unspecified atom stereocenters. The number of hydrogen-bond donors (Lipinski definition) is 0. The zero-order chi connectivity index (χ0) is 17.1. The van der Waals surface area contributed by atoms with Crippen molar-refractivity contribution in [2.45, 2.75) is 58.5 Å². The second kappa shape index (κ2) is 7.20. The highest BCUT2D eigenvalue weighted by Crippen LogP contribution is 2.32. The molecule has 0 N–H and O–H groups in total. The van der Waals surface area contributed by atoms with Crippen LogP contribution in [0.4, 0.5) is 0 Å². The van der Waals surface area contributed by atoms with Crippen LogP contribution in [-0.2, 0) is 6.54 Å². The van der Waals surface area contributed by atoms with Crippen LogP contribution < -0.4 is 0 Å². The number of rotatable bonds is 4. The maximum atomic E-state index is 13.0. The Hall–Kier alpha value is -2.10. The highest BCUT2D eigenvalue weighted by Gasteiger charge is 2.29. The van der Waals surface area contributed by atoms with Gasteiger partial charge in [-0.15, -0.1) is 0 Å². The number of amides is 1. The zero-order valence-electron chi connectivity index (χ0n) is 14.9. The van der Waals surface area contributed by atoms with Gasteiger partial charge in [0.05, 0.1) is 17.8 Å². The monoisotopic (exact) mass is 325 g/mol. The number of nitrogens with zero attached hydrogens (tertiary/aromatic N) is 3. The Morgan fingerprint density at radius 3 is 2.62 bits per heavy atom. The number of aryl methyl sites for hydroxylation is 1. The van der Waals surface area contributed by atoms with Crippen LogP contribution >= 0.6 is 0 Å². The van der Waals surface area contributed by atoms with E-state index in [2.05, 4.69) is 43.2 Å². The van der Waals surface area contributed by atoms with Crippen molar-refractivity contribution in [3.63, 3.8) is 0 Å². The molecule has 3 rings (SSSR count). The Balaban J connectivity index is 1.83. The molecular weight excluding hydrogens is 298 g/mol. The fraction of sp³-hybridized carbons (Fsp3) is 0.500. The van der Waals surface area contributed by atoms with E-state index in [9.17, 15) is 4.79 Å². The van der Waals surface area contributed by atoms with Crippen molar-refractivity contribution in [1.82, 2.24) is 14.7 Å². The summed E-state index contributed by atoms with van der Waals surface area (Å²) in [6, 6.07) is 8.97. The van der Waals surface area contributed by atoms with E-state index in [4.69, 9.17) is 0 Å². The fourth-order valence-corrected chi connectivity index (χ4v) is 3.44. The van der Waals surface area contributed by atoms with Gasteiger partial charge in [-0.05, 0) is 43.2 Å². The van der Waals surface area contributed by atoms with E-state index in [-0.39, 0.29) is 11.9 Å². The average molecular weight is 325 g/mol. The highest BCUT2D eigenvalue weighted by atomic mass is 16.2. The van der Waals surface area contributed by atoms with E-state index < -0.39 is 0 Å². The Morgan fingerprint density at radius 1 is 1.25 bits per heavy atom. The smallest absolute Gasteiger partial charge is 0.257 e. The maximum Gasteiger partial charge on any atom is 0.257 e. The van der Waals surface area contributed by atoms with Crippen LogP contribution in [0.5, 0.6) is 0 Å². The van der Waals surface area contributed by atoms with Crippen molar-refractivity contribution in [2.24, 2.45) is 0 Å². The van der Waals surface area contributed by atoms with Crippen molar-refractivity contribution < 1.29 is 4.79 Å². The van der Waals surface area contributed by atoms with Crippen LogP contribution in [0.25, 0.3) is 0 Å². The standard InChI is InChI=1S/C20H27N3O/c1-4-22-14-18(13-21-22)20(24)23-12-6-5-7-19(23)17-10-8-16(9-11-17)15(2)3/h8-11,13-15,19H,4-7,12H2,1-3H3.